The molecule has 0 aliphatic carbocycles. The highest BCUT2D eigenvalue weighted by atomic mass is 32.1. The van der Waals surface area contributed by atoms with Gasteiger partial charge in [0.1, 0.15) is 0 Å². The zero-order valence-electron chi connectivity index (χ0n) is 15.9. The summed E-state index contributed by atoms with van der Waals surface area (Å²) in [6.45, 7) is 3.31. The summed E-state index contributed by atoms with van der Waals surface area (Å²) in [6.07, 6.45) is 1.43. The molecule has 4 rings (SSSR count). The second kappa shape index (κ2) is 8.15. The van der Waals surface area contributed by atoms with Gasteiger partial charge >= 0.3 is 0 Å². The van der Waals surface area contributed by atoms with Crippen LogP contribution in [0.3, 0.4) is 0 Å². The van der Waals surface area contributed by atoms with Crippen LogP contribution in [-0.2, 0) is 4.79 Å². The molecule has 3 aromatic rings. The van der Waals surface area contributed by atoms with Gasteiger partial charge in [0, 0.05) is 19.0 Å². The molecule has 1 fully saturated rings. The molecule has 1 N–H and O–H groups in total. The Morgan fingerprint density at radius 2 is 1.79 bits per heavy atom. The first-order valence-electron chi connectivity index (χ1n) is 9.74. The van der Waals surface area contributed by atoms with Gasteiger partial charge in [0.2, 0.25) is 5.91 Å². The quantitative estimate of drug-likeness (QED) is 0.704. The molecule has 1 aromatic heterocycles. The van der Waals surface area contributed by atoms with Crippen LogP contribution < -0.4 is 5.32 Å². The molecule has 0 spiro atoms. The minimum absolute atomic E-state index is 0.0372. The van der Waals surface area contributed by atoms with E-state index in [9.17, 15) is 9.59 Å². The number of rotatable bonds is 4. The molecule has 1 saturated heterocycles. The van der Waals surface area contributed by atoms with E-state index in [2.05, 4.69) is 29.6 Å². The summed E-state index contributed by atoms with van der Waals surface area (Å²) in [5, 5.41) is 7.47. The van der Waals surface area contributed by atoms with Crippen molar-refractivity contribution >= 4 is 33.9 Å². The first-order chi connectivity index (χ1) is 13.6. The number of fused-ring (bicyclic) bond motifs is 1. The summed E-state index contributed by atoms with van der Waals surface area (Å²) in [5.74, 6) is 0.131. The van der Waals surface area contributed by atoms with E-state index < -0.39 is 0 Å². The molecule has 28 heavy (non-hydrogen) atoms. The van der Waals surface area contributed by atoms with Crippen molar-refractivity contribution in [3.63, 3.8) is 0 Å². The first kappa shape index (κ1) is 18.7. The molecule has 2 aromatic carbocycles. The third-order valence-corrected chi connectivity index (χ3v) is 6.39. The number of nitrogens with zero attached hydrogens (tertiary/aromatic N) is 1. The Labute approximate surface area is 169 Å². The van der Waals surface area contributed by atoms with Gasteiger partial charge in [-0.25, -0.2) is 0 Å². The second-order valence-electron chi connectivity index (χ2n) is 7.34. The third kappa shape index (κ3) is 3.80. The predicted molar refractivity (Wildman–Crippen MR) is 113 cm³/mol. The summed E-state index contributed by atoms with van der Waals surface area (Å²) in [5.41, 5.74) is 1.14. The molecular weight excluding hydrogens is 368 g/mol. The molecule has 2 heterocycles. The van der Waals surface area contributed by atoms with Gasteiger partial charge in [-0.2, -0.15) is 0 Å². The Kier molecular flexibility index (Phi) is 5.44. The van der Waals surface area contributed by atoms with Crippen molar-refractivity contribution in [1.29, 1.82) is 0 Å². The number of thiophene rings is 1. The molecule has 1 atom stereocenters. The molecule has 144 valence electrons. The molecule has 0 radical (unpaired) electrons. The molecule has 0 bridgehead atoms. The molecule has 0 saturated carbocycles. The summed E-state index contributed by atoms with van der Waals surface area (Å²) >= 11 is 1.47. The number of benzene rings is 2. The maximum Gasteiger partial charge on any atom is 0.263 e. The fourth-order valence-corrected chi connectivity index (χ4v) is 4.63. The van der Waals surface area contributed by atoms with Crippen LogP contribution in [0, 0.1) is 5.92 Å². The summed E-state index contributed by atoms with van der Waals surface area (Å²) in [4.78, 5) is 27.9. The van der Waals surface area contributed by atoms with Crippen molar-refractivity contribution in [3.05, 3.63) is 70.4 Å². The van der Waals surface area contributed by atoms with Crippen LogP contribution in [0.1, 0.15) is 41.0 Å². The normalized spacial score (nSPS) is 16.1. The molecule has 4 nitrogen and oxygen atoms in total. The van der Waals surface area contributed by atoms with E-state index in [0.717, 1.165) is 10.4 Å². The number of carbonyl (C=O) groups excluding carboxylic acids is 2. The third-order valence-electron chi connectivity index (χ3n) is 5.53. The Hall–Kier alpha value is -2.66. The van der Waals surface area contributed by atoms with Gasteiger partial charge in [-0.05, 0) is 47.5 Å². The fourth-order valence-electron chi connectivity index (χ4n) is 3.94. The van der Waals surface area contributed by atoms with Crippen molar-refractivity contribution in [1.82, 2.24) is 10.2 Å². The summed E-state index contributed by atoms with van der Waals surface area (Å²) < 4.78 is 0. The van der Waals surface area contributed by atoms with Crippen LogP contribution in [0.5, 0.6) is 0 Å². The lowest BCUT2D eigenvalue weighted by Gasteiger charge is -2.31. The zero-order chi connectivity index (χ0) is 19.5. The number of hydrogen-bond acceptors (Lipinski definition) is 3. The fraction of sp³-hybridized carbons (Fsp3) is 0.304. The molecular formula is C23H24N2O2S. The van der Waals surface area contributed by atoms with Gasteiger partial charge in [-0.3, -0.25) is 9.59 Å². The van der Waals surface area contributed by atoms with Gasteiger partial charge in [-0.15, -0.1) is 11.3 Å². The summed E-state index contributed by atoms with van der Waals surface area (Å²) in [6, 6.07) is 18.2. The van der Waals surface area contributed by atoms with Gasteiger partial charge in [-0.1, -0.05) is 48.5 Å². The molecule has 1 aliphatic rings. The highest BCUT2D eigenvalue weighted by Gasteiger charge is 2.29. The number of nitrogens with one attached hydrogen (secondary N) is 1. The maximum absolute atomic E-state index is 12.8. The van der Waals surface area contributed by atoms with Crippen LogP contribution in [0.25, 0.3) is 10.8 Å². The Bertz CT molecular complexity index is 970. The van der Waals surface area contributed by atoms with Crippen molar-refractivity contribution < 1.29 is 9.59 Å². The largest absolute Gasteiger partial charge is 0.349 e. The van der Waals surface area contributed by atoms with Crippen molar-refractivity contribution in [2.45, 2.75) is 25.8 Å². The highest BCUT2D eigenvalue weighted by molar-refractivity contribution is 7.12. The monoisotopic (exact) mass is 392 g/mol. The first-order valence-corrected chi connectivity index (χ1v) is 10.6. The highest BCUT2D eigenvalue weighted by Crippen LogP contribution is 2.26. The topological polar surface area (TPSA) is 49.4 Å². The van der Waals surface area contributed by atoms with Crippen LogP contribution >= 0.6 is 11.3 Å². The van der Waals surface area contributed by atoms with E-state index in [1.165, 1.54) is 22.1 Å². The van der Waals surface area contributed by atoms with Crippen molar-refractivity contribution in [2.75, 3.05) is 13.1 Å². The van der Waals surface area contributed by atoms with Crippen molar-refractivity contribution in [3.8, 4) is 0 Å². The van der Waals surface area contributed by atoms with Crippen LogP contribution in [0.2, 0.25) is 0 Å². The van der Waals surface area contributed by atoms with Crippen LogP contribution in [0.4, 0.5) is 0 Å². The van der Waals surface area contributed by atoms with Gasteiger partial charge in [0.05, 0.1) is 10.9 Å². The molecule has 2 amide bonds. The van der Waals surface area contributed by atoms with Gasteiger partial charge in [0.15, 0.2) is 0 Å². The Morgan fingerprint density at radius 3 is 2.54 bits per heavy atom. The minimum Gasteiger partial charge on any atom is -0.349 e. The SMILES string of the molecule is CC(NC(=O)C1CCN(C(=O)c2cccs2)CC1)c1cccc2ccccc12. The smallest absolute Gasteiger partial charge is 0.263 e. The minimum atomic E-state index is -0.0515. The van der Waals surface area contributed by atoms with Crippen molar-refractivity contribution in [2.24, 2.45) is 5.92 Å². The standard InChI is InChI=1S/C23H24N2O2S/c1-16(19-9-4-7-17-6-2-3-8-20(17)19)24-22(26)18-11-13-25(14-12-18)23(27)21-10-5-15-28-21/h2-10,15-16,18H,11-14H2,1H3,(H,24,26). The van der Waals surface area contributed by atoms with E-state index >= 15 is 0 Å². The number of carbonyl (C=O) groups is 2. The average Bonchev–Trinajstić information content (AvgIpc) is 3.27. The maximum atomic E-state index is 12.8. The average molecular weight is 393 g/mol. The lowest BCUT2D eigenvalue weighted by atomic mass is 9.94. The number of amides is 2. The lowest BCUT2D eigenvalue weighted by molar-refractivity contribution is -0.126. The molecule has 5 heteroatoms. The Balaban J connectivity index is 1.37. The number of hydrogen-bond donors (Lipinski definition) is 1. The lowest BCUT2D eigenvalue weighted by Crippen LogP contribution is -2.43. The number of piperidine rings is 1. The van der Waals surface area contributed by atoms with Gasteiger partial charge in [0.25, 0.3) is 5.91 Å². The predicted octanol–water partition coefficient (Wildman–Crippen LogP) is 4.63. The van der Waals surface area contributed by atoms with Crippen LogP contribution in [-0.4, -0.2) is 29.8 Å². The van der Waals surface area contributed by atoms with Crippen LogP contribution in [0.15, 0.2) is 60.0 Å². The zero-order valence-corrected chi connectivity index (χ0v) is 16.7. The van der Waals surface area contributed by atoms with E-state index in [1.54, 1.807) is 0 Å². The number of likely N-dealkylation sites (tertiary alicyclic amines) is 1. The van der Waals surface area contributed by atoms with Gasteiger partial charge < -0.3 is 10.2 Å². The Morgan fingerprint density at radius 1 is 1.04 bits per heavy atom. The second-order valence-corrected chi connectivity index (χ2v) is 8.29. The van der Waals surface area contributed by atoms with E-state index in [-0.39, 0.29) is 23.8 Å². The molecule has 1 aliphatic heterocycles. The summed E-state index contributed by atoms with van der Waals surface area (Å²) in [7, 11) is 0. The van der Waals surface area contributed by atoms with E-state index in [4.69, 9.17) is 0 Å². The van der Waals surface area contributed by atoms with E-state index in [0.29, 0.717) is 25.9 Å². The van der Waals surface area contributed by atoms with E-state index in [1.807, 2.05) is 47.5 Å². The molecule has 1 unspecified atom stereocenters.